The van der Waals surface area contributed by atoms with E-state index in [1.807, 2.05) is 6.07 Å². The fourth-order valence-corrected chi connectivity index (χ4v) is 3.71. The van der Waals surface area contributed by atoms with Crippen LogP contribution in [0, 0.1) is 6.92 Å². The molecule has 0 saturated heterocycles. The van der Waals surface area contributed by atoms with E-state index in [2.05, 4.69) is 115 Å². The van der Waals surface area contributed by atoms with Gasteiger partial charge in [-0.2, -0.15) is 0 Å². The van der Waals surface area contributed by atoms with Gasteiger partial charge in [-0.1, -0.05) is 78.9 Å². The lowest BCUT2D eigenvalue weighted by molar-refractivity contribution is -0.137. The summed E-state index contributed by atoms with van der Waals surface area (Å²) in [6.07, 6.45) is 1.85. The average molecular weight is 434 g/mol. The van der Waals surface area contributed by atoms with Crippen molar-refractivity contribution >= 4 is 23.0 Å². The van der Waals surface area contributed by atoms with Crippen LogP contribution in [0.5, 0.6) is 0 Å². The highest BCUT2D eigenvalue weighted by atomic mass is 16.5. The van der Waals surface area contributed by atoms with Crippen LogP contribution in [-0.2, 0) is 16.0 Å². The number of esters is 1. The standard InChI is InChI=1S/C30H27NO2/c1-3-30(32)33-22-21-24-11-17-28(18-12-24)31(27-15-9-23(2)10-16-27)29-19-13-26(14-20-29)25-7-5-4-6-8-25/h3-20H,1,21-22H2,2H3. The second-order valence-corrected chi connectivity index (χ2v) is 7.87. The van der Waals surface area contributed by atoms with Gasteiger partial charge < -0.3 is 9.64 Å². The Kier molecular flexibility index (Phi) is 7.01. The van der Waals surface area contributed by atoms with Crippen molar-refractivity contribution in [3.8, 4) is 11.1 Å². The molecule has 0 fully saturated rings. The molecule has 0 heterocycles. The topological polar surface area (TPSA) is 29.5 Å². The number of ether oxygens (including phenoxy) is 1. The summed E-state index contributed by atoms with van der Waals surface area (Å²) in [6, 6.07) is 35.9. The first-order valence-electron chi connectivity index (χ1n) is 11.0. The molecule has 3 heteroatoms. The largest absolute Gasteiger partial charge is 0.462 e. The summed E-state index contributed by atoms with van der Waals surface area (Å²) >= 11 is 0. The first-order valence-corrected chi connectivity index (χ1v) is 11.0. The molecule has 0 aromatic heterocycles. The fourth-order valence-electron chi connectivity index (χ4n) is 3.71. The molecule has 0 radical (unpaired) electrons. The van der Waals surface area contributed by atoms with Gasteiger partial charge in [0.15, 0.2) is 0 Å². The van der Waals surface area contributed by atoms with Gasteiger partial charge >= 0.3 is 5.97 Å². The maximum absolute atomic E-state index is 11.3. The monoisotopic (exact) mass is 433 g/mol. The summed E-state index contributed by atoms with van der Waals surface area (Å²) in [5, 5.41) is 0. The molecule has 0 bridgehead atoms. The van der Waals surface area contributed by atoms with Crippen LogP contribution in [0.1, 0.15) is 11.1 Å². The SMILES string of the molecule is C=CC(=O)OCCc1ccc(N(c2ccc(C)cc2)c2ccc(-c3ccccc3)cc2)cc1. The molecule has 3 nitrogen and oxygen atoms in total. The Morgan fingerprint density at radius 3 is 1.85 bits per heavy atom. The Morgan fingerprint density at radius 1 is 0.758 bits per heavy atom. The molecule has 4 aromatic rings. The van der Waals surface area contributed by atoms with Crippen LogP contribution < -0.4 is 4.90 Å². The van der Waals surface area contributed by atoms with Gasteiger partial charge in [0.1, 0.15) is 0 Å². The molecule has 4 rings (SSSR count). The lowest BCUT2D eigenvalue weighted by atomic mass is 10.0. The Morgan fingerprint density at radius 2 is 1.27 bits per heavy atom. The van der Waals surface area contributed by atoms with Crippen molar-refractivity contribution in [2.45, 2.75) is 13.3 Å². The number of anilines is 3. The van der Waals surface area contributed by atoms with Crippen LogP contribution in [0.4, 0.5) is 17.1 Å². The molecule has 164 valence electrons. The highest BCUT2D eigenvalue weighted by Gasteiger charge is 2.13. The Balaban J connectivity index is 1.61. The Hall–Kier alpha value is -4.11. The van der Waals surface area contributed by atoms with Crippen LogP contribution in [0.3, 0.4) is 0 Å². The number of rotatable bonds is 8. The molecule has 33 heavy (non-hydrogen) atoms. The third kappa shape index (κ3) is 5.58. The lowest BCUT2D eigenvalue weighted by Crippen LogP contribution is -2.10. The van der Waals surface area contributed by atoms with Crippen molar-refractivity contribution in [3.63, 3.8) is 0 Å². The molecule has 0 amide bonds. The third-order valence-electron chi connectivity index (χ3n) is 5.52. The van der Waals surface area contributed by atoms with E-state index >= 15 is 0 Å². The zero-order valence-electron chi connectivity index (χ0n) is 18.8. The smallest absolute Gasteiger partial charge is 0.330 e. The summed E-state index contributed by atoms with van der Waals surface area (Å²) in [7, 11) is 0. The van der Waals surface area contributed by atoms with E-state index in [1.54, 1.807) is 0 Å². The second kappa shape index (κ2) is 10.5. The predicted octanol–water partition coefficient (Wildman–Crippen LogP) is 7.40. The minimum atomic E-state index is -0.392. The zero-order valence-corrected chi connectivity index (χ0v) is 18.8. The van der Waals surface area contributed by atoms with Gasteiger partial charge in [0.25, 0.3) is 0 Å². The first kappa shape index (κ1) is 22.1. The summed E-state index contributed by atoms with van der Waals surface area (Å²) in [5.41, 5.74) is 7.98. The minimum absolute atomic E-state index is 0.340. The molecule has 4 aromatic carbocycles. The van der Waals surface area contributed by atoms with E-state index in [0.717, 1.165) is 22.6 Å². The second-order valence-electron chi connectivity index (χ2n) is 7.87. The summed E-state index contributed by atoms with van der Waals surface area (Å²) in [6.45, 7) is 5.86. The number of hydrogen-bond donors (Lipinski definition) is 0. The molecule has 0 spiro atoms. The van der Waals surface area contributed by atoms with Gasteiger partial charge in [-0.15, -0.1) is 0 Å². The van der Waals surface area contributed by atoms with E-state index < -0.39 is 5.97 Å². The van der Waals surface area contributed by atoms with Crippen LogP contribution in [0.15, 0.2) is 116 Å². The molecular weight excluding hydrogens is 406 g/mol. The zero-order chi connectivity index (χ0) is 23.0. The van der Waals surface area contributed by atoms with Crippen LogP contribution in [0.25, 0.3) is 11.1 Å². The first-order chi connectivity index (χ1) is 16.1. The lowest BCUT2D eigenvalue weighted by Gasteiger charge is -2.26. The highest BCUT2D eigenvalue weighted by Crippen LogP contribution is 2.35. The summed E-state index contributed by atoms with van der Waals surface area (Å²) < 4.78 is 5.10. The predicted molar refractivity (Wildman–Crippen MR) is 136 cm³/mol. The van der Waals surface area contributed by atoms with E-state index in [9.17, 15) is 4.79 Å². The summed E-state index contributed by atoms with van der Waals surface area (Å²) in [4.78, 5) is 13.5. The molecule has 0 unspecified atom stereocenters. The maximum Gasteiger partial charge on any atom is 0.330 e. The van der Waals surface area contributed by atoms with Gasteiger partial charge in [-0.05, 0) is 60.0 Å². The van der Waals surface area contributed by atoms with E-state index in [1.165, 1.54) is 22.8 Å². The number of hydrogen-bond acceptors (Lipinski definition) is 3. The van der Waals surface area contributed by atoms with Gasteiger partial charge in [0.05, 0.1) is 6.61 Å². The van der Waals surface area contributed by atoms with Crippen LogP contribution in [-0.4, -0.2) is 12.6 Å². The van der Waals surface area contributed by atoms with Crippen molar-refractivity contribution in [1.82, 2.24) is 0 Å². The van der Waals surface area contributed by atoms with Crippen molar-refractivity contribution in [3.05, 3.63) is 127 Å². The van der Waals surface area contributed by atoms with E-state index in [0.29, 0.717) is 13.0 Å². The van der Waals surface area contributed by atoms with E-state index in [-0.39, 0.29) is 0 Å². The number of carbonyl (C=O) groups is 1. The van der Waals surface area contributed by atoms with E-state index in [4.69, 9.17) is 4.74 Å². The molecule has 0 aliphatic heterocycles. The highest BCUT2D eigenvalue weighted by molar-refractivity contribution is 5.81. The third-order valence-corrected chi connectivity index (χ3v) is 5.52. The molecule has 0 N–H and O–H groups in total. The molecule has 0 saturated carbocycles. The Bertz CT molecular complexity index is 1200. The van der Waals surface area contributed by atoms with Gasteiger partial charge in [0, 0.05) is 29.6 Å². The van der Waals surface area contributed by atoms with Crippen molar-refractivity contribution < 1.29 is 9.53 Å². The van der Waals surface area contributed by atoms with Crippen molar-refractivity contribution in [1.29, 1.82) is 0 Å². The van der Waals surface area contributed by atoms with Crippen LogP contribution >= 0.6 is 0 Å². The fraction of sp³-hybridized carbons (Fsp3) is 0.100. The number of benzene rings is 4. The van der Waals surface area contributed by atoms with Crippen LogP contribution in [0.2, 0.25) is 0 Å². The number of carbonyl (C=O) groups excluding carboxylic acids is 1. The minimum Gasteiger partial charge on any atom is -0.462 e. The quantitative estimate of drug-likeness (QED) is 0.214. The van der Waals surface area contributed by atoms with Gasteiger partial charge in [-0.3, -0.25) is 0 Å². The normalized spacial score (nSPS) is 10.5. The van der Waals surface area contributed by atoms with Crippen molar-refractivity contribution in [2.75, 3.05) is 11.5 Å². The number of aryl methyl sites for hydroxylation is 1. The molecule has 0 aliphatic rings. The number of nitrogens with zero attached hydrogens (tertiary/aromatic N) is 1. The average Bonchev–Trinajstić information content (AvgIpc) is 2.87. The van der Waals surface area contributed by atoms with Crippen molar-refractivity contribution in [2.24, 2.45) is 0 Å². The maximum atomic E-state index is 11.3. The molecule has 0 atom stereocenters. The molecule has 0 aliphatic carbocycles. The summed E-state index contributed by atoms with van der Waals surface area (Å²) in [5.74, 6) is -0.392. The van der Waals surface area contributed by atoms with Gasteiger partial charge in [0.2, 0.25) is 0 Å². The molecular formula is C30H27NO2. The Labute approximate surface area is 195 Å². The van der Waals surface area contributed by atoms with Gasteiger partial charge in [-0.25, -0.2) is 4.79 Å².